The SMILES string of the molecule is Cc1c[nH]c(=S)n1Cc1ccc(F)cc1. The summed E-state index contributed by atoms with van der Waals surface area (Å²) in [7, 11) is 0. The molecule has 2 aromatic rings. The van der Waals surface area contributed by atoms with Gasteiger partial charge in [0, 0.05) is 11.9 Å². The highest BCUT2D eigenvalue weighted by Crippen LogP contribution is 2.08. The minimum absolute atomic E-state index is 0.215. The van der Waals surface area contributed by atoms with Crippen LogP contribution < -0.4 is 0 Å². The maximum atomic E-state index is 12.7. The van der Waals surface area contributed by atoms with Gasteiger partial charge in [0.15, 0.2) is 4.77 Å². The fraction of sp³-hybridized carbons (Fsp3) is 0.182. The first-order valence-electron chi connectivity index (χ1n) is 4.66. The maximum Gasteiger partial charge on any atom is 0.177 e. The topological polar surface area (TPSA) is 20.7 Å². The van der Waals surface area contributed by atoms with Gasteiger partial charge in [-0.05, 0) is 36.8 Å². The zero-order chi connectivity index (χ0) is 10.8. The van der Waals surface area contributed by atoms with Gasteiger partial charge >= 0.3 is 0 Å². The third kappa shape index (κ3) is 2.15. The van der Waals surface area contributed by atoms with Crippen LogP contribution in [0, 0.1) is 17.5 Å². The fourth-order valence-electron chi connectivity index (χ4n) is 1.45. The Morgan fingerprint density at radius 3 is 2.53 bits per heavy atom. The van der Waals surface area contributed by atoms with Crippen LogP contribution in [0.5, 0.6) is 0 Å². The van der Waals surface area contributed by atoms with Crippen LogP contribution in [0.1, 0.15) is 11.3 Å². The normalized spacial score (nSPS) is 10.5. The molecule has 0 saturated carbocycles. The number of rotatable bonds is 2. The quantitative estimate of drug-likeness (QED) is 0.774. The summed E-state index contributed by atoms with van der Waals surface area (Å²) in [6, 6.07) is 6.45. The van der Waals surface area contributed by atoms with E-state index in [1.54, 1.807) is 12.1 Å². The third-order valence-electron chi connectivity index (χ3n) is 2.33. The molecule has 0 radical (unpaired) electrons. The predicted octanol–water partition coefficient (Wildman–Crippen LogP) is 3.04. The molecule has 0 amide bonds. The molecule has 0 spiro atoms. The first-order chi connectivity index (χ1) is 7.16. The first-order valence-corrected chi connectivity index (χ1v) is 5.07. The van der Waals surface area contributed by atoms with Gasteiger partial charge in [0.1, 0.15) is 5.82 Å². The van der Waals surface area contributed by atoms with Crippen LogP contribution >= 0.6 is 12.2 Å². The van der Waals surface area contributed by atoms with Gasteiger partial charge in [-0.3, -0.25) is 0 Å². The highest BCUT2D eigenvalue weighted by molar-refractivity contribution is 7.71. The van der Waals surface area contributed by atoms with Gasteiger partial charge in [-0.2, -0.15) is 0 Å². The Morgan fingerprint density at radius 1 is 1.33 bits per heavy atom. The number of aryl methyl sites for hydroxylation is 1. The lowest BCUT2D eigenvalue weighted by Crippen LogP contribution is -2.01. The predicted molar refractivity (Wildman–Crippen MR) is 59.9 cm³/mol. The lowest BCUT2D eigenvalue weighted by molar-refractivity contribution is 0.626. The molecule has 2 rings (SSSR count). The molecule has 0 atom stereocenters. The zero-order valence-corrected chi connectivity index (χ0v) is 9.14. The van der Waals surface area contributed by atoms with E-state index in [4.69, 9.17) is 12.2 Å². The number of imidazole rings is 1. The number of aromatic nitrogens is 2. The Kier molecular flexibility index (Phi) is 2.68. The fourth-order valence-corrected chi connectivity index (χ4v) is 1.72. The number of benzene rings is 1. The number of nitrogens with zero attached hydrogens (tertiary/aromatic N) is 1. The summed E-state index contributed by atoms with van der Waals surface area (Å²) in [5, 5.41) is 0. The Balaban J connectivity index is 2.29. The van der Waals surface area contributed by atoms with Gasteiger partial charge in [-0.1, -0.05) is 12.1 Å². The van der Waals surface area contributed by atoms with E-state index in [-0.39, 0.29) is 5.82 Å². The Morgan fingerprint density at radius 2 is 2.00 bits per heavy atom. The average Bonchev–Trinajstić information content (AvgIpc) is 2.53. The highest BCUT2D eigenvalue weighted by atomic mass is 32.1. The van der Waals surface area contributed by atoms with Crippen molar-refractivity contribution in [1.29, 1.82) is 0 Å². The molecule has 78 valence electrons. The van der Waals surface area contributed by atoms with Crippen molar-refractivity contribution in [2.45, 2.75) is 13.5 Å². The summed E-state index contributed by atoms with van der Waals surface area (Å²) in [4.78, 5) is 2.97. The third-order valence-corrected chi connectivity index (χ3v) is 2.67. The maximum absolute atomic E-state index is 12.7. The second-order valence-electron chi connectivity index (χ2n) is 3.45. The highest BCUT2D eigenvalue weighted by Gasteiger charge is 2.00. The second-order valence-corrected chi connectivity index (χ2v) is 3.83. The number of hydrogen-bond acceptors (Lipinski definition) is 1. The standard InChI is InChI=1S/C11H11FN2S/c1-8-6-13-11(15)14(8)7-9-2-4-10(12)5-3-9/h2-6H,7H2,1H3,(H,13,15). The molecule has 0 aliphatic heterocycles. The molecule has 0 aliphatic rings. The molecule has 1 aromatic carbocycles. The van der Waals surface area contributed by atoms with Gasteiger partial charge < -0.3 is 9.55 Å². The van der Waals surface area contributed by atoms with Crippen molar-refractivity contribution in [3.8, 4) is 0 Å². The molecule has 2 nitrogen and oxygen atoms in total. The lowest BCUT2D eigenvalue weighted by atomic mass is 10.2. The van der Waals surface area contributed by atoms with E-state index in [2.05, 4.69) is 4.98 Å². The molecule has 0 aliphatic carbocycles. The molecule has 1 heterocycles. The van der Waals surface area contributed by atoms with Crippen LogP contribution in [0.25, 0.3) is 0 Å². The van der Waals surface area contributed by atoms with Crippen LogP contribution in [0.15, 0.2) is 30.5 Å². The summed E-state index contributed by atoms with van der Waals surface area (Å²) in [5.74, 6) is -0.215. The van der Waals surface area contributed by atoms with E-state index >= 15 is 0 Å². The Bertz CT molecular complexity index is 510. The van der Waals surface area contributed by atoms with Gasteiger partial charge in [0.2, 0.25) is 0 Å². The summed E-state index contributed by atoms with van der Waals surface area (Å²) >= 11 is 5.13. The largest absolute Gasteiger partial charge is 0.337 e. The van der Waals surface area contributed by atoms with Gasteiger partial charge in [0.05, 0.1) is 6.54 Å². The first kappa shape index (κ1) is 10.1. The number of H-pyrrole nitrogens is 1. The zero-order valence-electron chi connectivity index (χ0n) is 8.33. The molecule has 0 bridgehead atoms. The molecule has 0 saturated heterocycles. The molecule has 15 heavy (non-hydrogen) atoms. The number of hydrogen-bond donors (Lipinski definition) is 1. The van der Waals surface area contributed by atoms with E-state index in [0.29, 0.717) is 11.3 Å². The lowest BCUT2D eigenvalue weighted by Gasteiger charge is -2.05. The van der Waals surface area contributed by atoms with Crippen LogP contribution in [0.3, 0.4) is 0 Å². The van der Waals surface area contributed by atoms with Crippen molar-refractivity contribution in [2.24, 2.45) is 0 Å². The van der Waals surface area contributed by atoms with Crippen molar-refractivity contribution in [2.75, 3.05) is 0 Å². The summed E-state index contributed by atoms with van der Waals surface area (Å²) in [6.07, 6.45) is 1.87. The minimum Gasteiger partial charge on any atom is -0.337 e. The van der Waals surface area contributed by atoms with Crippen LogP contribution in [0.2, 0.25) is 0 Å². The smallest absolute Gasteiger partial charge is 0.177 e. The van der Waals surface area contributed by atoms with E-state index < -0.39 is 0 Å². The summed E-state index contributed by atoms with van der Waals surface area (Å²) < 4.78 is 15.4. The number of halogens is 1. The van der Waals surface area contributed by atoms with E-state index in [9.17, 15) is 4.39 Å². The van der Waals surface area contributed by atoms with Crippen LogP contribution in [0.4, 0.5) is 4.39 Å². The summed E-state index contributed by atoms with van der Waals surface area (Å²) in [6.45, 7) is 2.66. The van der Waals surface area contributed by atoms with Crippen LogP contribution in [-0.2, 0) is 6.54 Å². The van der Waals surface area contributed by atoms with Crippen molar-refractivity contribution in [3.63, 3.8) is 0 Å². The summed E-state index contributed by atoms with van der Waals surface area (Å²) in [5.41, 5.74) is 2.11. The second kappa shape index (κ2) is 3.98. The molecular weight excluding hydrogens is 211 g/mol. The minimum atomic E-state index is -0.215. The monoisotopic (exact) mass is 222 g/mol. The van der Waals surface area contributed by atoms with E-state index in [0.717, 1.165) is 11.3 Å². The van der Waals surface area contributed by atoms with Crippen molar-refractivity contribution in [3.05, 3.63) is 52.3 Å². The van der Waals surface area contributed by atoms with Crippen molar-refractivity contribution in [1.82, 2.24) is 9.55 Å². The molecule has 4 heteroatoms. The molecule has 1 N–H and O–H groups in total. The average molecular weight is 222 g/mol. The van der Waals surface area contributed by atoms with Crippen molar-refractivity contribution >= 4 is 12.2 Å². The van der Waals surface area contributed by atoms with Gasteiger partial charge in [0.25, 0.3) is 0 Å². The van der Waals surface area contributed by atoms with Crippen molar-refractivity contribution < 1.29 is 4.39 Å². The molecule has 0 unspecified atom stereocenters. The van der Waals surface area contributed by atoms with Gasteiger partial charge in [-0.25, -0.2) is 4.39 Å². The number of nitrogens with one attached hydrogen (secondary N) is 1. The molecular formula is C11H11FN2S. The number of aromatic amines is 1. The molecule has 1 aromatic heterocycles. The van der Waals surface area contributed by atoms with Gasteiger partial charge in [-0.15, -0.1) is 0 Å². The Hall–Kier alpha value is -1.42. The van der Waals surface area contributed by atoms with E-state index in [1.807, 2.05) is 17.7 Å². The Labute approximate surface area is 92.4 Å². The molecule has 0 fully saturated rings. The van der Waals surface area contributed by atoms with E-state index in [1.165, 1.54) is 12.1 Å². The van der Waals surface area contributed by atoms with Crippen LogP contribution in [-0.4, -0.2) is 9.55 Å².